The summed E-state index contributed by atoms with van der Waals surface area (Å²) in [6.45, 7) is 1.47. The maximum Gasteiger partial charge on any atom is 0.338 e. The van der Waals surface area contributed by atoms with Crippen LogP contribution in [0.5, 0.6) is 0 Å². The fraction of sp³-hybridized carbons (Fsp3) is 0.222. The molecule has 0 fully saturated rings. The van der Waals surface area contributed by atoms with Crippen molar-refractivity contribution in [1.82, 2.24) is 0 Å². The number of nitrogens with zero attached hydrogens (tertiary/aromatic N) is 2. The van der Waals surface area contributed by atoms with Crippen LogP contribution in [0.25, 0.3) is 0 Å². The molecule has 1 aliphatic heterocycles. The van der Waals surface area contributed by atoms with Gasteiger partial charge < -0.3 is 9.64 Å². The zero-order chi connectivity index (χ0) is 18.8. The summed E-state index contributed by atoms with van der Waals surface area (Å²) in [4.78, 5) is 36.4. The van der Waals surface area contributed by atoms with Gasteiger partial charge in [-0.15, -0.1) is 0 Å². The lowest BCUT2D eigenvalue weighted by atomic mass is 10.1. The maximum absolute atomic E-state index is 12.5. The lowest BCUT2D eigenvalue weighted by Crippen LogP contribution is -2.38. The maximum atomic E-state index is 12.5. The highest BCUT2D eigenvalue weighted by Crippen LogP contribution is 2.32. The van der Waals surface area contributed by atoms with E-state index in [9.17, 15) is 19.7 Å². The Bertz CT molecular complexity index is 899. The van der Waals surface area contributed by atoms with Gasteiger partial charge in [-0.1, -0.05) is 29.8 Å². The van der Waals surface area contributed by atoms with Gasteiger partial charge in [-0.05, 0) is 37.1 Å². The van der Waals surface area contributed by atoms with Crippen LogP contribution in [0.4, 0.5) is 11.4 Å². The zero-order valence-electron chi connectivity index (χ0n) is 13.8. The first-order valence-corrected chi connectivity index (χ1v) is 8.27. The molecule has 0 bridgehead atoms. The largest absolute Gasteiger partial charge is 0.452 e. The van der Waals surface area contributed by atoms with Gasteiger partial charge in [0.2, 0.25) is 0 Å². The fourth-order valence-electron chi connectivity index (χ4n) is 3.01. The number of carbonyl (C=O) groups is 2. The lowest BCUT2D eigenvalue weighted by molar-refractivity contribution is -0.384. The molecule has 8 heteroatoms. The van der Waals surface area contributed by atoms with E-state index >= 15 is 0 Å². The minimum Gasteiger partial charge on any atom is -0.452 e. The van der Waals surface area contributed by atoms with E-state index in [-0.39, 0.29) is 22.5 Å². The van der Waals surface area contributed by atoms with Gasteiger partial charge in [0.25, 0.3) is 11.6 Å². The first kappa shape index (κ1) is 17.9. The first-order chi connectivity index (χ1) is 12.4. The molecule has 0 radical (unpaired) electrons. The summed E-state index contributed by atoms with van der Waals surface area (Å²) < 4.78 is 5.04. The van der Waals surface area contributed by atoms with Crippen LogP contribution in [0.3, 0.4) is 0 Å². The molecule has 1 aliphatic rings. The third-order valence-corrected chi connectivity index (χ3v) is 4.50. The van der Waals surface area contributed by atoms with Gasteiger partial charge in [0.1, 0.15) is 5.02 Å². The second kappa shape index (κ2) is 7.13. The van der Waals surface area contributed by atoms with Crippen molar-refractivity contribution in [3.05, 3.63) is 68.7 Å². The molecule has 2 aromatic rings. The third-order valence-electron chi connectivity index (χ3n) is 4.18. The number of carbonyl (C=O) groups excluding carboxylic acids is 2. The van der Waals surface area contributed by atoms with Gasteiger partial charge in [0, 0.05) is 17.8 Å². The van der Waals surface area contributed by atoms with E-state index in [2.05, 4.69) is 0 Å². The van der Waals surface area contributed by atoms with E-state index in [1.165, 1.54) is 12.1 Å². The first-order valence-electron chi connectivity index (χ1n) is 7.89. The number of nitro benzene ring substituents is 1. The Balaban J connectivity index is 1.69. The molecule has 0 N–H and O–H groups in total. The quantitative estimate of drug-likeness (QED) is 0.465. The number of hydrogen-bond donors (Lipinski definition) is 0. The van der Waals surface area contributed by atoms with Gasteiger partial charge >= 0.3 is 5.97 Å². The van der Waals surface area contributed by atoms with Gasteiger partial charge in [-0.25, -0.2) is 4.79 Å². The highest BCUT2D eigenvalue weighted by Gasteiger charge is 2.31. The summed E-state index contributed by atoms with van der Waals surface area (Å²) >= 11 is 5.72. The number of hydrogen-bond acceptors (Lipinski definition) is 5. The van der Waals surface area contributed by atoms with Crippen LogP contribution in [0.2, 0.25) is 5.02 Å². The van der Waals surface area contributed by atoms with Crippen molar-refractivity contribution < 1.29 is 19.2 Å². The highest BCUT2D eigenvalue weighted by atomic mass is 35.5. The van der Waals surface area contributed by atoms with Crippen molar-refractivity contribution in [2.75, 3.05) is 11.5 Å². The molecule has 0 aliphatic carbocycles. The molecule has 26 heavy (non-hydrogen) atoms. The molecule has 1 amide bonds. The van der Waals surface area contributed by atoms with E-state index in [0.29, 0.717) is 0 Å². The lowest BCUT2D eigenvalue weighted by Gasteiger charge is -2.22. The number of rotatable bonds is 4. The van der Waals surface area contributed by atoms with Crippen molar-refractivity contribution >= 4 is 34.9 Å². The third kappa shape index (κ3) is 3.39. The molecule has 2 aromatic carbocycles. The number of anilines is 1. The Morgan fingerprint density at radius 3 is 2.77 bits per heavy atom. The molecule has 0 saturated carbocycles. The van der Waals surface area contributed by atoms with E-state index in [0.717, 1.165) is 23.7 Å². The standard InChI is InChI=1S/C18H15ClN2O5/c1-11-8-12-4-2-3-5-15(12)20(11)17(22)10-26-18(23)13-6-7-14(19)16(9-13)21(24)25/h2-7,9,11H,8,10H2,1H3/t11-/m0/s1. The predicted molar refractivity (Wildman–Crippen MR) is 95.5 cm³/mol. The molecule has 0 unspecified atom stereocenters. The zero-order valence-corrected chi connectivity index (χ0v) is 14.6. The average Bonchev–Trinajstić information content (AvgIpc) is 2.95. The van der Waals surface area contributed by atoms with Gasteiger partial charge in [-0.3, -0.25) is 14.9 Å². The smallest absolute Gasteiger partial charge is 0.338 e. The summed E-state index contributed by atoms with van der Waals surface area (Å²) in [6, 6.07) is 11.1. The number of amides is 1. The van der Waals surface area contributed by atoms with Crippen molar-refractivity contribution in [3.63, 3.8) is 0 Å². The number of nitro groups is 1. The molecule has 3 rings (SSSR count). The highest BCUT2D eigenvalue weighted by molar-refractivity contribution is 6.32. The van der Waals surface area contributed by atoms with Crippen molar-refractivity contribution in [2.45, 2.75) is 19.4 Å². The van der Waals surface area contributed by atoms with Crippen molar-refractivity contribution in [1.29, 1.82) is 0 Å². The van der Waals surface area contributed by atoms with Crippen LogP contribution in [0.1, 0.15) is 22.8 Å². The second-order valence-electron chi connectivity index (χ2n) is 5.95. The Labute approximate surface area is 154 Å². The van der Waals surface area contributed by atoms with Crippen LogP contribution in [0, 0.1) is 10.1 Å². The topological polar surface area (TPSA) is 89.8 Å². The van der Waals surface area contributed by atoms with Gasteiger partial charge in [0.05, 0.1) is 10.5 Å². The van der Waals surface area contributed by atoms with Gasteiger partial charge in [-0.2, -0.15) is 0 Å². The molecule has 1 atom stereocenters. The Hall–Kier alpha value is -2.93. The predicted octanol–water partition coefficient (Wildman–Crippen LogP) is 3.38. The normalized spacial score (nSPS) is 15.5. The Morgan fingerprint density at radius 1 is 1.31 bits per heavy atom. The van der Waals surface area contributed by atoms with Crippen LogP contribution in [-0.4, -0.2) is 29.4 Å². The average molecular weight is 375 g/mol. The minimum atomic E-state index is -0.821. The van der Waals surface area contributed by atoms with Crippen molar-refractivity contribution in [2.24, 2.45) is 0 Å². The minimum absolute atomic E-state index is 0.0322. The number of para-hydroxylation sites is 1. The number of ether oxygens (including phenoxy) is 1. The molecular weight excluding hydrogens is 360 g/mol. The summed E-state index contributed by atoms with van der Waals surface area (Å²) in [6.07, 6.45) is 0.735. The Morgan fingerprint density at radius 2 is 2.04 bits per heavy atom. The number of benzene rings is 2. The van der Waals surface area contributed by atoms with Crippen LogP contribution >= 0.6 is 11.6 Å². The van der Waals surface area contributed by atoms with E-state index in [1.807, 2.05) is 31.2 Å². The molecule has 1 heterocycles. The SMILES string of the molecule is C[C@H]1Cc2ccccc2N1C(=O)COC(=O)c1ccc(Cl)c([N+](=O)[O-])c1. The monoisotopic (exact) mass is 374 g/mol. The molecule has 0 aromatic heterocycles. The molecule has 7 nitrogen and oxygen atoms in total. The second-order valence-corrected chi connectivity index (χ2v) is 6.35. The number of fused-ring (bicyclic) bond motifs is 1. The summed E-state index contributed by atoms with van der Waals surface area (Å²) in [5, 5.41) is 10.8. The van der Waals surface area contributed by atoms with E-state index in [1.54, 1.807) is 4.90 Å². The molecule has 0 saturated heterocycles. The molecule has 134 valence electrons. The van der Waals surface area contributed by atoms with Crippen LogP contribution in [0.15, 0.2) is 42.5 Å². The number of esters is 1. The van der Waals surface area contributed by atoms with E-state index < -0.39 is 23.2 Å². The van der Waals surface area contributed by atoms with E-state index in [4.69, 9.17) is 16.3 Å². The molecule has 0 spiro atoms. The van der Waals surface area contributed by atoms with Crippen LogP contribution < -0.4 is 4.90 Å². The van der Waals surface area contributed by atoms with Gasteiger partial charge in [0.15, 0.2) is 6.61 Å². The summed E-state index contributed by atoms with van der Waals surface area (Å²) in [7, 11) is 0. The number of halogens is 1. The Kier molecular flexibility index (Phi) is 4.90. The summed E-state index contributed by atoms with van der Waals surface area (Å²) in [5.41, 5.74) is 1.44. The summed E-state index contributed by atoms with van der Waals surface area (Å²) in [5.74, 6) is -1.17. The molecular formula is C18H15ClN2O5. The van der Waals surface area contributed by atoms with Crippen molar-refractivity contribution in [3.8, 4) is 0 Å². The van der Waals surface area contributed by atoms with Crippen LogP contribution in [-0.2, 0) is 16.0 Å². The fourth-order valence-corrected chi connectivity index (χ4v) is 3.19.